The summed E-state index contributed by atoms with van der Waals surface area (Å²) in [6.07, 6.45) is 0.789. The van der Waals surface area contributed by atoms with Crippen molar-refractivity contribution in [1.29, 1.82) is 0 Å². The zero-order chi connectivity index (χ0) is 17.3. The van der Waals surface area contributed by atoms with Gasteiger partial charge in [0.15, 0.2) is 11.5 Å². The van der Waals surface area contributed by atoms with Gasteiger partial charge >= 0.3 is 0 Å². The van der Waals surface area contributed by atoms with Gasteiger partial charge in [-0.25, -0.2) is 4.39 Å². The van der Waals surface area contributed by atoms with Crippen molar-refractivity contribution in [2.75, 3.05) is 25.0 Å². The van der Waals surface area contributed by atoms with Crippen LogP contribution in [0, 0.1) is 5.82 Å². The number of methoxy groups -OCH3 is 2. The van der Waals surface area contributed by atoms with Crippen LogP contribution in [0.15, 0.2) is 36.4 Å². The molecular formula is C19H21ClFNO2. The van der Waals surface area contributed by atoms with Crippen LogP contribution in [0.5, 0.6) is 11.5 Å². The van der Waals surface area contributed by atoms with Crippen LogP contribution < -0.4 is 14.4 Å². The molecule has 2 unspecified atom stereocenters. The molecule has 2 aromatic rings. The molecule has 128 valence electrons. The smallest absolute Gasteiger partial charge is 0.161 e. The fraction of sp³-hybridized carbons (Fsp3) is 0.368. The van der Waals surface area contributed by atoms with Gasteiger partial charge in [0, 0.05) is 11.9 Å². The predicted molar refractivity (Wildman–Crippen MR) is 95.1 cm³/mol. The van der Waals surface area contributed by atoms with Gasteiger partial charge in [0.1, 0.15) is 5.82 Å². The first-order chi connectivity index (χ1) is 11.6. The number of rotatable bonds is 4. The summed E-state index contributed by atoms with van der Waals surface area (Å²) in [5.41, 5.74) is 2.80. The molecule has 0 fully saturated rings. The van der Waals surface area contributed by atoms with E-state index in [-0.39, 0.29) is 17.9 Å². The van der Waals surface area contributed by atoms with E-state index in [1.54, 1.807) is 26.4 Å². The van der Waals surface area contributed by atoms with Crippen LogP contribution in [0.2, 0.25) is 0 Å². The lowest BCUT2D eigenvalue weighted by atomic mass is 9.88. The van der Waals surface area contributed by atoms with Gasteiger partial charge in [-0.3, -0.25) is 0 Å². The fourth-order valence-corrected chi connectivity index (χ4v) is 3.84. The average molecular weight is 350 g/mol. The normalized spacial score (nSPS) is 19.8. The molecule has 1 aliphatic rings. The Morgan fingerprint density at radius 3 is 2.46 bits per heavy atom. The third kappa shape index (κ3) is 2.80. The van der Waals surface area contributed by atoms with E-state index in [0.29, 0.717) is 23.1 Å². The topological polar surface area (TPSA) is 21.7 Å². The number of nitrogens with zero attached hydrogens (tertiary/aromatic N) is 1. The van der Waals surface area contributed by atoms with E-state index >= 15 is 0 Å². The van der Waals surface area contributed by atoms with Crippen molar-refractivity contribution in [3.8, 4) is 11.5 Å². The van der Waals surface area contributed by atoms with E-state index < -0.39 is 0 Å². The van der Waals surface area contributed by atoms with Crippen LogP contribution in [0.25, 0.3) is 0 Å². The number of anilines is 1. The van der Waals surface area contributed by atoms with Crippen molar-refractivity contribution >= 4 is 17.3 Å². The Labute approximate surface area is 146 Å². The van der Waals surface area contributed by atoms with Gasteiger partial charge in [-0.15, -0.1) is 11.6 Å². The van der Waals surface area contributed by atoms with E-state index in [1.165, 1.54) is 11.6 Å². The van der Waals surface area contributed by atoms with Gasteiger partial charge in [0.05, 0.1) is 25.9 Å². The molecule has 2 aromatic carbocycles. The van der Waals surface area contributed by atoms with Crippen LogP contribution in [0.4, 0.5) is 10.1 Å². The Bertz CT molecular complexity index is 737. The van der Waals surface area contributed by atoms with Gasteiger partial charge in [-0.05, 0) is 48.7 Å². The van der Waals surface area contributed by atoms with Crippen LogP contribution >= 0.6 is 11.6 Å². The molecule has 0 aliphatic carbocycles. The van der Waals surface area contributed by atoms with Crippen molar-refractivity contribution in [2.45, 2.75) is 25.4 Å². The Morgan fingerprint density at radius 2 is 1.83 bits per heavy atom. The maximum atomic E-state index is 14.4. The Hall–Kier alpha value is -1.94. The van der Waals surface area contributed by atoms with Gasteiger partial charge in [-0.1, -0.05) is 12.1 Å². The second kappa shape index (κ2) is 6.89. The van der Waals surface area contributed by atoms with Gasteiger partial charge in [-0.2, -0.15) is 0 Å². The van der Waals surface area contributed by atoms with Gasteiger partial charge in [0.2, 0.25) is 0 Å². The van der Waals surface area contributed by atoms with Crippen LogP contribution in [0.1, 0.15) is 24.1 Å². The fourth-order valence-electron chi connectivity index (χ4n) is 3.52. The molecule has 0 amide bonds. The Kier molecular flexibility index (Phi) is 4.86. The lowest BCUT2D eigenvalue weighted by molar-refractivity contribution is 0.352. The summed E-state index contributed by atoms with van der Waals surface area (Å²) in [7, 11) is 3.24. The number of alkyl halides is 1. The first kappa shape index (κ1) is 16.9. The molecule has 24 heavy (non-hydrogen) atoms. The molecule has 0 radical (unpaired) electrons. The van der Waals surface area contributed by atoms with Crippen LogP contribution in [-0.4, -0.2) is 26.1 Å². The molecule has 1 heterocycles. The number of hydrogen-bond donors (Lipinski definition) is 0. The van der Waals surface area contributed by atoms with Crippen molar-refractivity contribution in [1.82, 2.24) is 0 Å². The molecule has 0 saturated carbocycles. The highest BCUT2D eigenvalue weighted by atomic mass is 35.5. The first-order valence-electron chi connectivity index (χ1n) is 7.94. The summed E-state index contributed by atoms with van der Waals surface area (Å²) in [5, 5.41) is 0. The van der Waals surface area contributed by atoms with E-state index in [1.807, 2.05) is 18.2 Å². The van der Waals surface area contributed by atoms with E-state index in [0.717, 1.165) is 12.0 Å². The van der Waals surface area contributed by atoms with E-state index in [2.05, 4.69) is 11.8 Å². The number of ether oxygens (including phenoxy) is 2. The molecule has 1 aliphatic heterocycles. The number of para-hydroxylation sites is 1. The van der Waals surface area contributed by atoms with Crippen molar-refractivity contribution in [3.63, 3.8) is 0 Å². The maximum Gasteiger partial charge on any atom is 0.161 e. The highest BCUT2D eigenvalue weighted by Gasteiger charge is 2.34. The number of hydrogen-bond acceptors (Lipinski definition) is 3. The first-order valence-corrected chi connectivity index (χ1v) is 8.47. The largest absolute Gasteiger partial charge is 0.493 e. The average Bonchev–Trinajstić information content (AvgIpc) is 2.60. The minimum absolute atomic E-state index is 0.122. The third-order valence-corrected chi connectivity index (χ3v) is 4.90. The summed E-state index contributed by atoms with van der Waals surface area (Å²) in [5.74, 6) is 1.50. The molecule has 3 nitrogen and oxygen atoms in total. The second-order valence-electron chi connectivity index (χ2n) is 5.99. The zero-order valence-electron chi connectivity index (χ0n) is 14.1. The summed E-state index contributed by atoms with van der Waals surface area (Å²) >= 11 is 6.30. The molecule has 0 aromatic heterocycles. The molecule has 2 atom stereocenters. The minimum Gasteiger partial charge on any atom is -0.493 e. The molecular weight excluding hydrogens is 329 g/mol. The highest BCUT2D eigenvalue weighted by Crippen LogP contribution is 2.42. The highest BCUT2D eigenvalue weighted by molar-refractivity contribution is 6.18. The van der Waals surface area contributed by atoms with E-state index in [4.69, 9.17) is 21.1 Å². The second-order valence-corrected chi connectivity index (χ2v) is 6.30. The summed E-state index contributed by atoms with van der Waals surface area (Å²) in [6.45, 7) is 2.09. The number of fused-ring (bicyclic) bond motifs is 1. The maximum absolute atomic E-state index is 14.4. The van der Waals surface area contributed by atoms with Crippen molar-refractivity contribution in [3.05, 3.63) is 53.3 Å². The third-order valence-electron chi connectivity index (χ3n) is 4.61. The van der Waals surface area contributed by atoms with E-state index in [9.17, 15) is 4.39 Å². The molecule has 5 heteroatoms. The SMILES string of the molecule is COc1cc2c(cc1OC)C(CCl)N(c1ccccc1F)C(C)C2. The summed E-state index contributed by atoms with van der Waals surface area (Å²) in [4.78, 5) is 2.07. The Balaban J connectivity index is 2.12. The lowest BCUT2D eigenvalue weighted by Gasteiger charge is -2.43. The zero-order valence-corrected chi connectivity index (χ0v) is 14.8. The van der Waals surface area contributed by atoms with Crippen molar-refractivity contribution in [2.24, 2.45) is 0 Å². The summed E-state index contributed by atoms with van der Waals surface area (Å²) in [6, 6.07) is 10.8. The van der Waals surface area contributed by atoms with Gasteiger partial charge < -0.3 is 14.4 Å². The number of benzene rings is 2. The van der Waals surface area contributed by atoms with Crippen LogP contribution in [-0.2, 0) is 6.42 Å². The van der Waals surface area contributed by atoms with Crippen LogP contribution in [0.3, 0.4) is 0 Å². The minimum atomic E-state index is -0.233. The summed E-state index contributed by atoms with van der Waals surface area (Å²) < 4.78 is 25.2. The molecule has 0 bridgehead atoms. The lowest BCUT2D eigenvalue weighted by Crippen LogP contribution is -2.43. The standard InChI is InChI=1S/C19H21ClFNO2/c1-12-8-13-9-18(23-2)19(24-3)10-14(13)17(11-20)22(12)16-7-5-4-6-15(16)21/h4-7,9-10,12,17H,8,11H2,1-3H3. The Morgan fingerprint density at radius 1 is 1.17 bits per heavy atom. The molecule has 0 saturated heterocycles. The molecule has 3 rings (SSSR count). The molecule has 0 N–H and O–H groups in total. The quantitative estimate of drug-likeness (QED) is 0.754. The predicted octanol–water partition coefficient (Wildman–Crippen LogP) is 4.57. The molecule has 0 spiro atoms. The van der Waals surface area contributed by atoms with Crippen molar-refractivity contribution < 1.29 is 13.9 Å². The van der Waals surface area contributed by atoms with Gasteiger partial charge in [0.25, 0.3) is 0 Å². The monoisotopic (exact) mass is 349 g/mol. The number of halogens is 2.